The highest BCUT2D eigenvalue weighted by Crippen LogP contribution is 2.30. The molecule has 1 aromatic heterocycles. The second-order valence-electron chi connectivity index (χ2n) is 6.74. The molecule has 0 unspecified atom stereocenters. The van der Waals surface area contributed by atoms with Crippen molar-refractivity contribution >= 4 is 5.91 Å². The summed E-state index contributed by atoms with van der Waals surface area (Å²) < 4.78 is 1.93. The van der Waals surface area contributed by atoms with Gasteiger partial charge in [-0.25, -0.2) is 4.98 Å². The second-order valence-corrected chi connectivity index (χ2v) is 6.74. The van der Waals surface area contributed by atoms with E-state index in [2.05, 4.69) is 16.9 Å². The van der Waals surface area contributed by atoms with Crippen LogP contribution in [0.2, 0.25) is 0 Å². The zero-order valence-corrected chi connectivity index (χ0v) is 13.9. The van der Waals surface area contributed by atoms with Crippen LogP contribution in [-0.4, -0.2) is 58.0 Å². The Labute approximate surface area is 133 Å². The molecule has 3 rings (SSSR count). The van der Waals surface area contributed by atoms with Crippen LogP contribution in [0.1, 0.15) is 49.5 Å². The normalized spacial score (nSPS) is 24.6. The van der Waals surface area contributed by atoms with Gasteiger partial charge in [0.25, 0.3) is 5.91 Å². The maximum absolute atomic E-state index is 12.6. The summed E-state index contributed by atoms with van der Waals surface area (Å²) in [5.74, 6) is 0.903. The van der Waals surface area contributed by atoms with Crippen LogP contribution >= 0.6 is 0 Å². The minimum Gasteiger partial charge on any atom is -0.337 e. The standard InChI is InChI=1S/C17H28N4O/c1-3-20-13-18-12-16(20)17(22)21-10-7-14(8-11-21)15-6-4-5-9-19(15)2/h12-15H,3-11H2,1-2H3/t15-/m0/s1. The molecule has 0 radical (unpaired) electrons. The van der Waals surface area contributed by atoms with Crippen LogP contribution in [0.5, 0.6) is 0 Å². The summed E-state index contributed by atoms with van der Waals surface area (Å²) in [5, 5.41) is 0. The molecule has 22 heavy (non-hydrogen) atoms. The molecule has 0 N–H and O–H groups in total. The zero-order chi connectivity index (χ0) is 15.5. The van der Waals surface area contributed by atoms with E-state index in [-0.39, 0.29) is 5.91 Å². The number of piperidine rings is 2. The van der Waals surface area contributed by atoms with Crippen LogP contribution in [0.15, 0.2) is 12.5 Å². The number of rotatable bonds is 3. The Balaban J connectivity index is 1.58. The summed E-state index contributed by atoms with van der Waals surface area (Å²) in [4.78, 5) is 21.3. The molecule has 3 heterocycles. The van der Waals surface area contributed by atoms with E-state index in [1.807, 2.05) is 16.4 Å². The number of imidazole rings is 1. The van der Waals surface area contributed by atoms with E-state index in [4.69, 9.17) is 0 Å². The van der Waals surface area contributed by atoms with Gasteiger partial charge in [0.05, 0.1) is 12.5 Å². The van der Waals surface area contributed by atoms with E-state index in [9.17, 15) is 4.79 Å². The van der Waals surface area contributed by atoms with E-state index < -0.39 is 0 Å². The molecule has 1 atom stereocenters. The smallest absolute Gasteiger partial charge is 0.272 e. The van der Waals surface area contributed by atoms with Gasteiger partial charge < -0.3 is 14.4 Å². The number of likely N-dealkylation sites (tertiary alicyclic amines) is 2. The largest absolute Gasteiger partial charge is 0.337 e. The van der Waals surface area contributed by atoms with Gasteiger partial charge in [0.15, 0.2) is 0 Å². The summed E-state index contributed by atoms with van der Waals surface area (Å²) in [6, 6.07) is 0.729. The van der Waals surface area contributed by atoms with Gasteiger partial charge in [-0.1, -0.05) is 6.42 Å². The fourth-order valence-electron chi connectivity index (χ4n) is 4.10. The van der Waals surface area contributed by atoms with Crippen LogP contribution in [0.4, 0.5) is 0 Å². The van der Waals surface area contributed by atoms with Crippen LogP contribution in [0.25, 0.3) is 0 Å². The molecule has 0 aromatic carbocycles. The Hall–Kier alpha value is -1.36. The third kappa shape index (κ3) is 3.05. The van der Waals surface area contributed by atoms with Crippen LogP contribution < -0.4 is 0 Å². The van der Waals surface area contributed by atoms with Gasteiger partial charge in [0.1, 0.15) is 5.69 Å². The first-order valence-corrected chi connectivity index (χ1v) is 8.70. The molecule has 2 aliphatic rings. The number of aryl methyl sites for hydroxylation is 1. The van der Waals surface area contributed by atoms with Crippen molar-refractivity contribution in [1.82, 2.24) is 19.4 Å². The first-order chi connectivity index (χ1) is 10.7. The lowest BCUT2D eigenvalue weighted by Gasteiger charge is -2.42. The van der Waals surface area contributed by atoms with Gasteiger partial charge in [-0.2, -0.15) is 0 Å². The fraction of sp³-hybridized carbons (Fsp3) is 0.765. The molecule has 1 amide bonds. The van der Waals surface area contributed by atoms with Crippen molar-refractivity contribution < 1.29 is 4.79 Å². The quantitative estimate of drug-likeness (QED) is 0.860. The minimum absolute atomic E-state index is 0.148. The van der Waals surface area contributed by atoms with E-state index in [0.717, 1.165) is 50.1 Å². The maximum atomic E-state index is 12.6. The predicted octanol–water partition coefficient (Wildman–Crippen LogP) is 2.24. The highest BCUT2D eigenvalue weighted by molar-refractivity contribution is 5.92. The molecule has 2 fully saturated rings. The molecule has 0 aliphatic carbocycles. The molecule has 2 saturated heterocycles. The van der Waals surface area contributed by atoms with Crippen LogP contribution in [0, 0.1) is 5.92 Å². The van der Waals surface area contributed by atoms with Crippen LogP contribution in [0.3, 0.4) is 0 Å². The topological polar surface area (TPSA) is 41.4 Å². The third-order valence-corrected chi connectivity index (χ3v) is 5.47. The monoisotopic (exact) mass is 304 g/mol. The van der Waals surface area contributed by atoms with Crippen molar-refractivity contribution in [3.05, 3.63) is 18.2 Å². The van der Waals surface area contributed by atoms with Crippen molar-refractivity contribution in [3.8, 4) is 0 Å². The number of carbonyl (C=O) groups is 1. The Morgan fingerprint density at radius 2 is 2.00 bits per heavy atom. The van der Waals surface area contributed by atoms with E-state index in [1.165, 1.54) is 25.8 Å². The summed E-state index contributed by atoms with van der Waals surface area (Å²) in [7, 11) is 2.27. The molecule has 5 heteroatoms. The molecule has 0 saturated carbocycles. The number of amides is 1. The minimum atomic E-state index is 0.148. The average Bonchev–Trinajstić information content (AvgIpc) is 3.03. The Morgan fingerprint density at radius 3 is 2.68 bits per heavy atom. The summed E-state index contributed by atoms with van der Waals surface area (Å²) in [6.45, 7) is 5.86. The zero-order valence-electron chi connectivity index (χ0n) is 13.9. The Morgan fingerprint density at radius 1 is 1.23 bits per heavy atom. The lowest BCUT2D eigenvalue weighted by atomic mass is 9.84. The van der Waals surface area contributed by atoms with E-state index >= 15 is 0 Å². The lowest BCUT2D eigenvalue weighted by molar-refractivity contribution is 0.0546. The number of nitrogens with zero attached hydrogens (tertiary/aromatic N) is 4. The number of carbonyl (C=O) groups excluding carboxylic acids is 1. The van der Waals surface area contributed by atoms with Crippen molar-refractivity contribution in [3.63, 3.8) is 0 Å². The first-order valence-electron chi connectivity index (χ1n) is 8.70. The van der Waals surface area contributed by atoms with Gasteiger partial charge >= 0.3 is 0 Å². The highest BCUT2D eigenvalue weighted by atomic mass is 16.2. The summed E-state index contributed by atoms with van der Waals surface area (Å²) in [5.41, 5.74) is 0.732. The van der Waals surface area contributed by atoms with Gasteiger partial charge in [-0.15, -0.1) is 0 Å². The third-order valence-electron chi connectivity index (χ3n) is 5.47. The van der Waals surface area contributed by atoms with E-state index in [0.29, 0.717) is 0 Å². The molecule has 0 bridgehead atoms. The SMILES string of the molecule is CCn1cncc1C(=O)N1CCC([C@@H]2CCCCN2C)CC1. The van der Waals surface area contributed by atoms with Gasteiger partial charge in [-0.3, -0.25) is 4.79 Å². The Bertz CT molecular complexity index is 505. The van der Waals surface area contributed by atoms with Gasteiger partial charge in [0.2, 0.25) is 0 Å². The molecular formula is C17H28N4O. The molecule has 2 aliphatic heterocycles. The Kier molecular flexibility index (Phi) is 4.81. The molecular weight excluding hydrogens is 276 g/mol. The first kappa shape index (κ1) is 15.5. The maximum Gasteiger partial charge on any atom is 0.272 e. The molecule has 5 nitrogen and oxygen atoms in total. The molecule has 1 aromatic rings. The van der Waals surface area contributed by atoms with Crippen molar-refractivity contribution in [1.29, 1.82) is 0 Å². The summed E-state index contributed by atoms with van der Waals surface area (Å²) in [6.07, 6.45) is 9.76. The van der Waals surface area contributed by atoms with Crippen molar-refractivity contribution in [2.24, 2.45) is 5.92 Å². The van der Waals surface area contributed by atoms with Crippen molar-refractivity contribution in [2.75, 3.05) is 26.7 Å². The molecule has 122 valence electrons. The average molecular weight is 304 g/mol. The van der Waals surface area contributed by atoms with Gasteiger partial charge in [0, 0.05) is 25.7 Å². The summed E-state index contributed by atoms with van der Waals surface area (Å²) >= 11 is 0. The number of aromatic nitrogens is 2. The predicted molar refractivity (Wildman–Crippen MR) is 86.8 cm³/mol. The van der Waals surface area contributed by atoms with E-state index in [1.54, 1.807) is 12.5 Å². The van der Waals surface area contributed by atoms with Gasteiger partial charge in [-0.05, 0) is 52.1 Å². The van der Waals surface area contributed by atoms with Crippen molar-refractivity contribution in [2.45, 2.75) is 51.6 Å². The lowest BCUT2D eigenvalue weighted by Crippen LogP contribution is -2.47. The fourth-order valence-corrected chi connectivity index (χ4v) is 4.10. The molecule has 0 spiro atoms. The second kappa shape index (κ2) is 6.82. The number of hydrogen-bond acceptors (Lipinski definition) is 3. The number of hydrogen-bond donors (Lipinski definition) is 0. The highest BCUT2D eigenvalue weighted by Gasteiger charge is 2.32. The van der Waals surface area contributed by atoms with Crippen LogP contribution in [-0.2, 0) is 6.54 Å².